The van der Waals surface area contributed by atoms with Crippen molar-refractivity contribution >= 4 is 91.7 Å². The van der Waals surface area contributed by atoms with Gasteiger partial charge in [0.1, 0.15) is 11.5 Å². The van der Waals surface area contributed by atoms with Crippen molar-refractivity contribution in [3.63, 3.8) is 0 Å². The SMILES string of the molecule is CC(=O)Nc1cc(/C=C/C(=O)N2C[C@@H](CCl)c3c2cc(O)c2ccccc32)ccc1/C=C/C(=O)N1C[C@@H](CCl)c2c1cc(O)c1ccccc21. The quantitative estimate of drug-likeness (QED) is 0.117. The highest BCUT2D eigenvalue weighted by atomic mass is 35.5. The number of amides is 3. The van der Waals surface area contributed by atoms with Crippen LogP contribution in [0, 0.1) is 0 Å². The summed E-state index contributed by atoms with van der Waals surface area (Å²) in [5.41, 5.74) is 4.83. The van der Waals surface area contributed by atoms with Crippen LogP contribution < -0.4 is 15.1 Å². The molecule has 0 radical (unpaired) electrons. The first-order valence-corrected chi connectivity index (χ1v) is 17.3. The fourth-order valence-electron chi connectivity index (χ4n) is 7.15. The second kappa shape index (κ2) is 13.5. The molecule has 0 unspecified atom stereocenters. The Balaban J connectivity index is 1.14. The maximum absolute atomic E-state index is 13.6. The molecular formula is C40H33Cl2N3O5. The molecule has 0 fully saturated rings. The molecule has 2 aliphatic heterocycles. The molecule has 50 heavy (non-hydrogen) atoms. The lowest BCUT2D eigenvalue weighted by Gasteiger charge is -2.17. The normalized spacial score (nSPS) is 16.9. The number of aromatic hydroxyl groups is 2. The number of anilines is 3. The molecule has 3 amide bonds. The van der Waals surface area contributed by atoms with E-state index in [1.807, 2.05) is 48.5 Å². The van der Waals surface area contributed by atoms with E-state index in [2.05, 4.69) is 5.32 Å². The number of hydrogen-bond acceptors (Lipinski definition) is 5. The number of carbonyl (C=O) groups is 3. The summed E-state index contributed by atoms with van der Waals surface area (Å²) in [6, 6.07) is 23.6. The van der Waals surface area contributed by atoms with Gasteiger partial charge in [0.15, 0.2) is 0 Å². The van der Waals surface area contributed by atoms with Gasteiger partial charge in [-0.25, -0.2) is 0 Å². The Morgan fingerprint density at radius 3 is 1.68 bits per heavy atom. The zero-order valence-corrected chi connectivity index (χ0v) is 28.6. The van der Waals surface area contributed by atoms with Crippen LogP contribution in [0.1, 0.15) is 41.0 Å². The molecule has 5 aromatic rings. The van der Waals surface area contributed by atoms with Crippen molar-refractivity contribution in [2.75, 3.05) is 40.0 Å². The minimum atomic E-state index is -0.295. The number of rotatable bonds is 7. The van der Waals surface area contributed by atoms with Crippen molar-refractivity contribution < 1.29 is 24.6 Å². The van der Waals surface area contributed by atoms with Gasteiger partial charge >= 0.3 is 0 Å². The molecule has 0 saturated carbocycles. The number of hydrogen-bond donors (Lipinski definition) is 3. The first-order chi connectivity index (χ1) is 24.2. The van der Waals surface area contributed by atoms with Crippen LogP contribution in [0.4, 0.5) is 17.1 Å². The van der Waals surface area contributed by atoms with Gasteiger partial charge in [0.05, 0.1) is 11.4 Å². The van der Waals surface area contributed by atoms with Crippen LogP contribution in [-0.2, 0) is 14.4 Å². The highest BCUT2D eigenvalue weighted by Gasteiger charge is 2.35. The number of alkyl halides is 2. The number of carbonyl (C=O) groups excluding carboxylic acids is 3. The van der Waals surface area contributed by atoms with Crippen molar-refractivity contribution in [3.8, 4) is 11.5 Å². The van der Waals surface area contributed by atoms with Crippen LogP contribution >= 0.6 is 23.2 Å². The van der Waals surface area contributed by atoms with Crippen LogP contribution in [0.5, 0.6) is 11.5 Å². The molecule has 3 N–H and O–H groups in total. The van der Waals surface area contributed by atoms with E-state index < -0.39 is 0 Å². The topological polar surface area (TPSA) is 110 Å². The minimum Gasteiger partial charge on any atom is -0.507 e. The standard InChI is InChI=1S/C40H33Cl2N3O5/c1-23(46)43-32-16-24(11-14-37(49)44-21-26(19-41)39-30-8-4-2-6-28(30)35(47)17-33(39)44)10-12-25(32)13-15-38(50)45-22-27(20-42)40-31-9-5-3-7-29(31)36(48)18-34(40)45/h2-18,26-27,47-48H,19-22H2,1H3,(H,43,46)/b14-11+,15-13+/t26-,27-/m1/s1. The number of nitrogens with zero attached hydrogens (tertiary/aromatic N) is 2. The summed E-state index contributed by atoms with van der Waals surface area (Å²) in [5, 5.41) is 27.4. The van der Waals surface area contributed by atoms with Gasteiger partial charge < -0.3 is 25.3 Å². The maximum atomic E-state index is 13.6. The van der Waals surface area contributed by atoms with E-state index in [1.165, 1.54) is 19.1 Å². The molecule has 252 valence electrons. The molecule has 5 aromatic carbocycles. The third-order valence-electron chi connectivity index (χ3n) is 9.41. The van der Waals surface area contributed by atoms with E-state index in [9.17, 15) is 24.6 Å². The summed E-state index contributed by atoms with van der Waals surface area (Å²) >= 11 is 12.7. The van der Waals surface area contributed by atoms with Crippen molar-refractivity contribution in [2.24, 2.45) is 0 Å². The second-order valence-corrected chi connectivity index (χ2v) is 13.2. The number of phenols is 2. The maximum Gasteiger partial charge on any atom is 0.251 e. The fourth-order valence-corrected chi connectivity index (χ4v) is 7.66. The zero-order valence-electron chi connectivity index (χ0n) is 27.1. The van der Waals surface area contributed by atoms with Crippen LogP contribution in [0.3, 0.4) is 0 Å². The highest BCUT2D eigenvalue weighted by molar-refractivity contribution is 6.20. The van der Waals surface area contributed by atoms with Crippen LogP contribution in [-0.4, -0.2) is 52.8 Å². The molecule has 7 rings (SSSR count). The van der Waals surface area contributed by atoms with Crippen LogP contribution in [0.2, 0.25) is 0 Å². The smallest absolute Gasteiger partial charge is 0.251 e. The molecule has 10 heteroatoms. The zero-order chi connectivity index (χ0) is 35.1. The van der Waals surface area contributed by atoms with Gasteiger partial charge in [0.2, 0.25) is 5.91 Å². The third kappa shape index (κ3) is 5.95. The fraction of sp³-hybridized carbons (Fsp3) is 0.175. The van der Waals surface area contributed by atoms with E-state index in [-0.39, 0.29) is 41.1 Å². The number of phenolic OH excluding ortho intramolecular Hbond substituents is 2. The monoisotopic (exact) mass is 705 g/mol. The number of nitrogens with one attached hydrogen (secondary N) is 1. The largest absolute Gasteiger partial charge is 0.507 e. The molecule has 0 spiro atoms. The average Bonchev–Trinajstić information content (AvgIpc) is 3.68. The summed E-state index contributed by atoms with van der Waals surface area (Å²) in [4.78, 5) is 42.5. The summed E-state index contributed by atoms with van der Waals surface area (Å²) in [6.07, 6.45) is 6.18. The molecule has 0 bridgehead atoms. The molecule has 2 atom stereocenters. The number of halogens is 2. The molecule has 2 aliphatic rings. The molecule has 0 saturated heterocycles. The Morgan fingerprint density at radius 2 is 1.20 bits per heavy atom. The predicted octanol–water partition coefficient (Wildman–Crippen LogP) is 8.13. The summed E-state index contributed by atoms with van der Waals surface area (Å²) in [5.74, 6) is -0.227. The van der Waals surface area contributed by atoms with Crippen LogP contribution in [0.15, 0.2) is 91.0 Å². The van der Waals surface area contributed by atoms with Gasteiger partial charge in [-0.15, -0.1) is 23.2 Å². The molecule has 2 heterocycles. The summed E-state index contributed by atoms with van der Waals surface area (Å²) < 4.78 is 0. The average molecular weight is 707 g/mol. The number of benzene rings is 5. The van der Waals surface area contributed by atoms with E-state index in [4.69, 9.17) is 23.2 Å². The Kier molecular flexibility index (Phi) is 8.99. The van der Waals surface area contributed by atoms with Gasteiger partial charge in [0.25, 0.3) is 11.8 Å². The minimum absolute atomic E-state index is 0.0884. The lowest BCUT2D eigenvalue weighted by Crippen LogP contribution is -2.28. The van der Waals surface area contributed by atoms with Gasteiger partial charge in [-0.2, -0.15) is 0 Å². The first kappa shape index (κ1) is 33.2. The van der Waals surface area contributed by atoms with Crippen molar-refractivity contribution in [1.82, 2.24) is 0 Å². The summed E-state index contributed by atoms with van der Waals surface area (Å²) in [6.45, 7) is 2.15. The Morgan fingerprint density at radius 1 is 0.720 bits per heavy atom. The molecule has 0 aromatic heterocycles. The number of fused-ring (bicyclic) bond motifs is 6. The highest BCUT2D eigenvalue weighted by Crippen LogP contribution is 2.46. The summed E-state index contributed by atoms with van der Waals surface area (Å²) in [7, 11) is 0. The Labute approximate surface area is 298 Å². The third-order valence-corrected chi connectivity index (χ3v) is 10.2. The van der Waals surface area contributed by atoms with Gasteiger partial charge in [-0.1, -0.05) is 60.7 Å². The molecular weight excluding hydrogens is 673 g/mol. The Bertz CT molecular complexity index is 2270. The van der Waals surface area contributed by atoms with E-state index in [0.29, 0.717) is 63.8 Å². The van der Waals surface area contributed by atoms with Crippen molar-refractivity contribution in [1.29, 1.82) is 0 Å². The van der Waals surface area contributed by atoms with Crippen molar-refractivity contribution in [2.45, 2.75) is 18.8 Å². The lowest BCUT2D eigenvalue weighted by molar-refractivity contribution is -0.115. The van der Waals surface area contributed by atoms with E-state index in [1.54, 1.807) is 52.3 Å². The lowest BCUT2D eigenvalue weighted by atomic mass is 9.95. The molecule has 0 aliphatic carbocycles. The van der Waals surface area contributed by atoms with Gasteiger partial charge in [-0.05, 0) is 51.2 Å². The van der Waals surface area contributed by atoms with E-state index >= 15 is 0 Å². The van der Waals surface area contributed by atoms with Crippen molar-refractivity contribution in [3.05, 3.63) is 113 Å². The molecule has 8 nitrogen and oxygen atoms in total. The predicted molar refractivity (Wildman–Crippen MR) is 202 cm³/mol. The van der Waals surface area contributed by atoms with E-state index in [0.717, 1.165) is 21.9 Å². The second-order valence-electron chi connectivity index (χ2n) is 12.5. The van der Waals surface area contributed by atoms with Gasteiger partial charge in [0, 0.05) is 84.4 Å². The van der Waals surface area contributed by atoms with Gasteiger partial charge in [-0.3, -0.25) is 14.4 Å². The van der Waals surface area contributed by atoms with Crippen LogP contribution in [0.25, 0.3) is 33.7 Å². The Hall–Kier alpha value is -5.31. The first-order valence-electron chi connectivity index (χ1n) is 16.2.